The first-order valence-electron chi connectivity index (χ1n) is 14.9. The fourth-order valence-electron chi connectivity index (χ4n) is 4.50. The van der Waals surface area contributed by atoms with Gasteiger partial charge in [0.25, 0.3) is 0 Å². The molecule has 2 unspecified atom stereocenters. The lowest BCUT2D eigenvalue weighted by Crippen LogP contribution is -2.37. The van der Waals surface area contributed by atoms with Crippen molar-refractivity contribution in [2.24, 2.45) is 11.7 Å². The van der Waals surface area contributed by atoms with Gasteiger partial charge in [-0.2, -0.15) is 0 Å². The van der Waals surface area contributed by atoms with E-state index in [4.69, 9.17) is 10.5 Å². The molecule has 0 saturated carbocycles. The summed E-state index contributed by atoms with van der Waals surface area (Å²) in [4.78, 5) is 15.1. The van der Waals surface area contributed by atoms with Crippen LogP contribution in [-0.2, 0) is 9.53 Å². The SMILES string of the molecule is CCCCCCCCC(CCCCCC)C(=O)OCCCCCCN(CCCC)CC(O)CN. The second-order valence-corrected chi connectivity index (χ2v) is 10.2. The predicted molar refractivity (Wildman–Crippen MR) is 146 cm³/mol. The largest absolute Gasteiger partial charge is 0.465 e. The number of aliphatic hydroxyl groups excluding tert-OH is 1. The molecule has 0 aromatic carbocycles. The minimum absolute atomic E-state index is 0.0477. The van der Waals surface area contributed by atoms with Gasteiger partial charge in [0.1, 0.15) is 0 Å². The molecular weight excluding hydrogens is 424 g/mol. The van der Waals surface area contributed by atoms with Crippen molar-refractivity contribution in [2.75, 3.05) is 32.8 Å². The molecule has 0 rings (SSSR count). The Morgan fingerprint density at radius 2 is 1.24 bits per heavy atom. The van der Waals surface area contributed by atoms with E-state index in [9.17, 15) is 9.90 Å². The third-order valence-corrected chi connectivity index (χ3v) is 6.83. The summed E-state index contributed by atoms with van der Waals surface area (Å²) in [6.07, 6.45) is 20.7. The van der Waals surface area contributed by atoms with Gasteiger partial charge in [-0.15, -0.1) is 0 Å². The summed E-state index contributed by atoms with van der Waals surface area (Å²) < 4.78 is 5.71. The average molecular weight is 485 g/mol. The van der Waals surface area contributed by atoms with Gasteiger partial charge in [-0.1, -0.05) is 104 Å². The Kier molecular flexibility index (Phi) is 25.0. The fraction of sp³-hybridized carbons (Fsp3) is 0.966. The number of nitrogens with zero attached hydrogens (tertiary/aromatic N) is 1. The van der Waals surface area contributed by atoms with E-state index in [1.165, 1.54) is 57.8 Å². The number of ether oxygens (including phenoxy) is 1. The zero-order chi connectivity index (χ0) is 25.3. The van der Waals surface area contributed by atoms with Crippen LogP contribution in [0, 0.1) is 5.92 Å². The van der Waals surface area contributed by atoms with E-state index < -0.39 is 6.10 Å². The summed E-state index contributed by atoms with van der Waals surface area (Å²) in [6.45, 7) is 10.3. The number of carbonyl (C=O) groups excluding carboxylic acids is 1. The van der Waals surface area contributed by atoms with E-state index in [0.29, 0.717) is 19.7 Å². The van der Waals surface area contributed by atoms with E-state index in [1.807, 2.05) is 0 Å². The van der Waals surface area contributed by atoms with Crippen LogP contribution in [0.2, 0.25) is 0 Å². The molecule has 0 heterocycles. The molecule has 0 aliphatic carbocycles. The lowest BCUT2D eigenvalue weighted by atomic mass is 9.94. The van der Waals surface area contributed by atoms with E-state index in [0.717, 1.165) is 70.9 Å². The number of hydrogen-bond donors (Lipinski definition) is 2. The van der Waals surface area contributed by atoms with Crippen molar-refractivity contribution in [3.8, 4) is 0 Å². The molecule has 5 heteroatoms. The molecule has 2 atom stereocenters. The molecule has 0 spiro atoms. The Morgan fingerprint density at radius 1 is 0.735 bits per heavy atom. The maximum Gasteiger partial charge on any atom is 0.308 e. The van der Waals surface area contributed by atoms with Gasteiger partial charge >= 0.3 is 5.97 Å². The molecule has 0 aliphatic heterocycles. The molecule has 0 radical (unpaired) electrons. The van der Waals surface area contributed by atoms with Crippen molar-refractivity contribution in [3.63, 3.8) is 0 Å². The quantitative estimate of drug-likeness (QED) is 0.104. The fourth-order valence-corrected chi connectivity index (χ4v) is 4.50. The minimum atomic E-state index is -0.428. The maximum atomic E-state index is 12.7. The first-order valence-corrected chi connectivity index (χ1v) is 14.9. The van der Waals surface area contributed by atoms with E-state index >= 15 is 0 Å². The number of rotatable bonds is 26. The monoisotopic (exact) mass is 484 g/mol. The van der Waals surface area contributed by atoms with Crippen LogP contribution in [0.3, 0.4) is 0 Å². The Labute approximate surface area is 212 Å². The van der Waals surface area contributed by atoms with Crippen molar-refractivity contribution in [1.29, 1.82) is 0 Å². The normalized spacial score (nSPS) is 13.4. The summed E-state index contributed by atoms with van der Waals surface area (Å²) in [6, 6.07) is 0. The Bertz CT molecular complexity index is 434. The molecule has 0 amide bonds. The number of hydrogen-bond acceptors (Lipinski definition) is 5. The molecule has 0 fully saturated rings. The zero-order valence-corrected chi connectivity index (χ0v) is 23.2. The van der Waals surface area contributed by atoms with Gasteiger partial charge in [-0.05, 0) is 45.2 Å². The Morgan fingerprint density at radius 3 is 1.85 bits per heavy atom. The lowest BCUT2D eigenvalue weighted by molar-refractivity contribution is -0.149. The van der Waals surface area contributed by atoms with Crippen LogP contribution in [0.25, 0.3) is 0 Å². The molecule has 5 nitrogen and oxygen atoms in total. The summed E-state index contributed by atoms with van der Waals surface area (Å²) in [7, 11) is 0. The van der Waals surface area contributed by atoms with Crippen LogP contribution < -0.4 is 5.73 Å². The van der Waals surface area contributed by atoms with Crippen molar-refractivity contribution in [2.45, 2.75) is 142 Å². The number of carbonyl (C=O) groups is 1. The highest BCUT2D eigenvalue weighted by molar-refractivity contribution is 5.72. The summed E-state index contributed by atoms with van der Waals surface area (Å²) >= 11 is 0. The summed E-state index contributed by atoms with van der Waals surface area (Å²) in [5.74, 6) is 0.149. The number of nitrogens with two attached hydrogens (primary N) is 1. The van der Waals surface area contributed by atoms with Crippen LogP contribution in [0.1, 0.15) is 136 Å². The van der Waals surface area contributed by atoms with Crippen LogP contribution in [0.4, 0.5) is 0 Å². The smallest absolute Gasteiger partial charge is 0.308 e. The highest BCUT2D eigenvalue weighted by Gasteiger charge is 2.19. The van der Waals surface area contributed by atoms with E-state index in [1.54, 1.807) is 0 Å². The maximum absolute atomic E-state index is 12.7. The van der Waals surface area contributed by atoms with E-state index in [-0.39, 0.29) is 11.9 Å². The molecule has 0 aliphatic rings. The number of unbranched alkanes of at least 4 members (excludes halogenated alkanes) is 12. The molecule has 34 heavy (non-hydrogen) atoms. The van der Waals surface area contributed by atoms with Gasteiger partial charge in [0, 0.05) is 13.1 Å². The lowest BCUT2D eigenvalue weighted by Gasteiger charge is -2.24. The summed E-state index contributed by atoms with van der Waals surface area (Å²) in [5, 5.41) is 9.87. The molecular formula is C29H60N2O3. The van der Waals surface area contributed by atoms with Crippen LogP contribution in [0.15, 0.2) is 0 Å². The van der Waals surface area contributed by atoms with Gasteiger partial charge in [-0.25, -0.2) is 0 Å². The molecule has 0 aromatic heterocycles. The third kappa shape index (κ3) is 20.7. The third-order valence-electron chi connectivity index (χ3n) is 6.83. The molecule has 0 saturated heterocycles. The molecule has 0 aromatic rings. The second kappa shape index (κ2) is 25.4. The first kappa shape index (κ1) is 33.4. The van der Waals surface area contributed by atoms with Crippen LogP contribution in [0.5, 0.6) is 0 Å². The topological polar surface area (TPSA) is 75.8 Å². The van der Waals surface area contributed by atoms with Gasteiger partial charge in [0.2, 0.25) is 0 Å². The first-order chi connectivity index (χ1) is 16.6. The zero-order valence-electron chi connectivity index (χ0n) is 23.2. The molecule has 3 N–H and O–H groups in total. The Balaban J connectivity index is 4.12. The second-order valence-electron chi connectivity index (χ2n) is 10.2. The van der Waals surface area contributed by atoms with Gasteiger partial charge in [-0.3, -0.25) is 4.79 Å². The molecule has 0 bridgehead atoms. The number of esters is 1. The van der Waals surface area contributed by atoms with Crippen molar-refractivity contribution in [1.82, 2.24) is 4.90 Å². The van der Waals surface area contributed by atoms with Crippen LogP contribution >= 0.6 is 0 Å². The minimum Gasteiger partial charge on any atom is -0.465 e. The van der Waals surface area contributed by atoms with Crippen molar-refractivity contribution in [3.05, 3.63) is 0 Å². The Hall–Kier alpha value is -0.650. The average Bonchev–Trinajstić information content (AvgIpc) is 2.84. The summed E-state index contributed by atoms with van der Waals surface area (Å²) in [5.41, 5.74) is 5.58. The van der Waals surface area contributed by atoms with Crippen molar-refractivity contribution < 1.29 is 14.6 Å². The number of aliphatic hydroxyl groups is 1. The van der Waals surface area contributed by atoms with Gasteiger partial charge < -0.3 is 20.5 Å². The van der Waals surface area contributed by atoms with E-state index in [2.05, 4.69) is 25.7 Å². The van der Waals surface area contributed by atoms with Crippen LogP contribution in [-0.4, -0.2) is 54.9 Å². The van der Waals surface area contributed by atoms with Crippen molar-refractivity contribution >= 4 is 5.97 Å². The van der Waals surface area contributed by atoms with Gasteiger partial charge in [0.15, 0.2) is 0 Å². The van der Waals surface area contributed by atoms with Gasteiger partial charge in [0.05, 0.1) is 18.6 Å². The highest BCUT2D eigenvalue weighted by Crippen LogP contribution is 2.20. The standard InChI is InChI=1S/C29H60N2O3/c1-4-7-10-12-13-17-21-27(20-16-11-8-5-2)29(33)34-24-19-15-14-18-23-31(22-9-6-3)26-28(32)25-30/h27-28,32H,4-26,30H2,1-3H3. The predicted octanol–water partition coefficient (Wildman–Crippen LogP) is 6.85. The highest BCUT2D eigenvalue weighted by atomic mass is 16.5. The molecule has 204 valence electrons.